The molecule has 1 amide bonds. The van der Waals surface area contributed by atoms with E-state index in [1.54, 1.807) is 12.3 Å². The van der Waals surface area contributed by atoms with Crippen molar-refractivity contribution in [2.45, 2.75) is 13.3 Å². The van der Waals surface area contributed by atoms with Crippen molar-refractivity contribution in [1.82, 2.24) is 10.3 Å². The highest BCUT2D eigenvalue weighted by Gasteiger charge is 2.13. The Bertz CT molecular complexity index is 615. The van der Waals surface area contributed by atoms with Gasteiger partial charge in [0.1, 0.15) is 9.88 Å². The second kappa shape index (κ2) is 7.54. The van der Waals surface area contributed by atoms with Crippen LogP contribution in [0.2, 0.25) is 5.02 Å². The summed E-state index contributed by atoms with van der Waals surface area (Å²) in [4.78, 5) is 16.9. The fraction of sp³-hybridized carbons (Fsp3) is 0.333. The van der Waals surface area contributed by atoms with E-state index >= 15 is 0 Å². The van der Waals surface area contributed by atoms with Crippen LogP contribution in [0.25, 0.3) is 10.6 Å². The summed E-state index contributed by atoms with van der Waals surface area (Å²) in [5.74, 6) is 0.102. The van der Waals surface area contributed by atoms with Gasteiger partial charge in [0, 0.05) is 18.7 Å². The van der Waals surface area contributed by atoms with Gasteiger partial charge in [0.05, 0.1) is 11.2 Å². The monoisotopic (exact) mass is 324 g/mol. The highest BCUT2D eigenvalue weighted by atomic mass is 35.5. The Balaban J connectivity index is 2.03. The van der Waals surface area contributed by atoms with Gasteiger partial charge >= 0.3 is 0 Å². The smallest absolute Gasteiger partial charge is 0.263 e. The van der Waals surface area contributed by atoms with E-state index in [0.29, 0.717) is 22.9 Å². The minimum atomic E-state index is -0.143. The molecule has 0 aliphatic rings. The van der Waals surface area contributed by atoms with Crippen molar-refractivity contribution in [3.8, 4) is 10.6 Å². The average Bonchev–Trinajstić information content (AvgIpc) is 2.95. The Morgan fingerprint density at radius 1 is 1.48 bits per heavy atom. The predicted molar refractivity (Wildman–Crippen MR) is 85.8 cm³/mol. The number of carbonyl (C=O) groups excluding carboxylic acids is 1. The van der Waals surface area contributed by atoms with Crippen molar-refractivity contribution in [3.05, 3.63) is 40.4 Å². The van der Waals surface area contributed by atoms with Crippen LogP contribution in [0.1, 0.15) is 23.0 Å². The molecule has 1 heterocycles. The van der Waals surface area contributed by atoms with Crippen LogP contribution in [0.15, 0.2) is 30.5 Å². The summed E-state index contributed by atoms with van der Waals surface area (Å²) < 4.78 is 0. The molecular formula is C15H17ClN2O2S. The zero-order valence-electron chi connectivity index (χ0n) is 11.7. The SMILES string of the molecule is CC(CCO)CNC(=O)c1cnc(-c2ccccc2Cl)s1. The molecule has 0 spiro atoms. The molecule has 2 rings (SSSR count). The van der Waals surface area contributed by atoms with Gasteiger partial charge in [0.25, 0.3) is 5.91 Å². The maximum absolute atomic E-state index is 12.0. The van der Waals surface area contributed by atoms with Crippen LogP contribution in [0, 0.1) is 5.92 Å². The number of aromatic nitrogens is 1. The Hall–Kier alpha value is -1.43. The number of aliphatic hydroxyl groups excluding tert-OH is 1. The van der Waals surface area contributed by atoms with E-state index in [4.69, 9.17) is 16.7 Å². The fourth-order valence-corrected chi connectivity index (χ4v) is 2.97. The number of thiazole rings is 1. The molecule has 0 saturated carbocycles. The summed E-state index contributed by atoms with van der Waals surface area (Å²) >= 11 is 7.44. The molecule has 2 aromatic rings. The lowest BCUT2D eigenvalue weighted by molar-refractivity contribution is 0.0949. The average molecular weight is 325 g/mol. The van der Waals surface area contributed by atoms with E-state index in [2.05, 4.69) is 10.3 Å². The molecule has 4 nitrogen and oxygen atoms in total. The van der Waals surface area contributed by atoms with E-state index in [-0.39, 0.29) is 18.4 Å². The first-order valence-corrected chi connectivity index (χ1v) is 7.91. The van der Waals surface area contributed by atoms with E-state index in [1.165, 1.54) is 11.3 Å². The third-order valence-corrected chi connectivity index (χ3v) is 4.43. The predicted octanol–water partition coefficient (Wildman–Crippen LogP) is 3.21. The van der Waals surface area contributed by atoms with Crippen LogP contribution >= 0.6 is 22.9 Å². The Kier molecular flexibility index (Phi) is 5.73. The van der Waals surface area contributed by atoms with Gasteiger partial charge in [-0.2, -0.15) is 0 Å². The van der Waals surface area contributed by atoms with Crippen molar-refractivity contribution < 1.29 is 9.90 Å². The highest BCUT2D eigenvalue weighted by molar-refractivity contribution is 7.17. The van der Waals surface area contributed by atoms with Crippen molar-refractivity contribution in [3.63, 3.8) is 0 Å². The zero-order chi connectivity index (χ0) is 15.2. The maximum Gasteiger partial charge on any atom is 0.263 e. The number of rotatable bonds is 6. The van der Waals surface area contributed by atoms with Gasteiger partial charge in [-0.05, 0) is 18.4 Å². The summed E-state index contributed by atoms with van der Waals surface area (Å²) in [7, 11) is 0. The molecule has 0 saturated heterocycles. The molecule has 0 radical (unpaired) electrons. The number of aliphatic hydroxyl groups is 1. The van der Waals surface area contributed by atoms with Gasteiger partial charge in [-0.15, -0.1) is 11.3 Å². The molecule has 6 heteroatoms. The number of hydrogen-bond acceptors (Lipinski definition) is 4. The van der Waals surface area contributed by atoms with Gasteiger partial charge in [-0.3, -0.25) is 4.79 Å². The quantitative estimate of drug-likeness (QED) is 0.857. The first kappa shape index (κ1) is 15.9. The van der Waals surface area contributed by atoms with Crippen LogP contribution in [-0.2, 0) is 0 Å². The minimum absolute atomic E-state index is 0.133. The third kappa shape index (κ3) is 4.27. The van der Waals surface area contributed by atoms with Crippen molar-refractivity contribution in [1.29, 1.82) is 0 Å². The number of halogens is 1. The zero-order valence-corrected chi connectivity index (χ0v) is 13.2. The second-order valence-electron chi connectivity index (χ2n) is 4.84. The van der Waals surface area contributed by atoms with Crippen LogP contribution in [0.3, 0.4) is 0 Å². The van der Waals surface area contributed by atoms with E-state index in [9.17, 15) is 4.79 Å². The van der Waals surface area contributed by atoms with Crippen LogP contribution in [0.5, 0.6) is 0 Å². The molecule has 1 aromatic heterocycles. The van der Waals surface area contributed by atoms with Gasteiger partial charge in [-0.25, -0.2) is 4.98 Å². The molecule has 1 unspecified atom stereocenters. The van der Waals surface area contributed by atoms with Crippen molar-refractivity contribution in [2.75, 3.05) is 13.2 Å². The first-order chi connectivity index (χ1) is 10.1. The van der Waals surface area contributed by atoms with Gasteiger partial charge < -0.3 is 10.4 Å². The Morgan fingerprint density at radius 3 is 2.95 bits per heavy atom. The van der Waals surface area contributed by atoms with Gasteiger partial charge in [0.2, 0.25) is 0 Å². The normalized spacial score (nSPS) is 12.1. The first-order valence-electron chi connectivity index (χ1n) is 6.71. The molecule has 0 aliphatic heterocycles. The molecule has 2 N–H and O–H groups in total. The third-order valence-electron chi connectivity index (χ3n) is 3.07. The topological polar surface area (TPSA) is 62.2 Å². The van der Waals surface area contributed by atoms with Crippen molar-refractivity contribution >= 4 is 28.8 Å². The second-order valence-corrected chi connectivity index (χ2v) is 6.27. The number of benzene rings is 1. The molecule has 112 valence electrons. The van der Waals surface area contributed by atoms with Crippen LogP contribution < -0.4 is 5.32 Å². The van der Waals surface area contributed by atoms with E-state index in [1.807, 2.05) is 25.1 Å². The number of carbonyl (C=O) groups is 1. The lowest BCUT2D eigenvalue weighted by atomic mass is 10.1. The maximum atomic E-state index is 12.0. The number of nitrogens with one attached hydrogen (secondary N) is 1. The summed E-state index contributed by atoms with van der Waals surface area (Å²) in [5, 5.41) is 13.0. The molecule has 1 atom stereocenters. The molecule has 0 bridgehead atoms. The standard InChI is InChI=1S/C15H17ClN2O2S/c1-10(6-7-19)8-17-14(20)13-9-18-15(21-13)11-4-2-3-5-12(11)16/h2-5,9-10,19H,6-8H2,1H3,(H,17,20). The Morgan fingerprint density at radius 2 is 2.24 bits per heavy atom. The molecule has 0 aliphatic carbocycles. The molecular weight excluding hydrogens is 308 g/mol. The summed E-state index contributed by atoms with van der Waals surface area (Å²) in [6.07, 6.45) is 2.24. The molecule has 21 heavy (non-hydrogen) atoms. The van der Waals surface area contributed by atoms with Gasteiger partial charge in [0.15, 0.2) is 0 Å². The van der Waals surface area contributed by atoms with Crippen LogP contribution in [-0.4, -0.2) is 29.1 Å². The van der Waals surface area contributed by atoms with Crippen LogP contribution in [0.4, 0.5) is 0 Å². The van der Waals surface area contributed by atoms with Crippen molar-refractivity contribution in [2.24, 2.45) is 5.92 Å². The number of hydrogen-bond donors (Lipinski definition) is 2. The van der Waals surface area contributed by atoms with Gasteiger partial charge in [-0.1, -0.05) is 36.7 Å². The highest BCUT2D eigenvalue weighted by Crippen LogP contribution is 2.30. The lowest BCUT2D eigenvalue weighted by Gasteiger charge is -2.09. The largest absolute Gasteiger partial charge is 0.396 e. The fourth-order valence-electron chi connectivity index (χ4n) is 1.81. The summed E-state index contributed by atoms with van der Waals surface area (Å²) in [6.45, 7) is 2.66. The number of amides is 1. The Labute approximate surface area is 132 Å². The lowest BCUT2D eigenvalue weighted by Crippen LogP contribution is -2.28. The number of nitrogens with zero attached hydrogens (tertiary/aromatic N) is 1. The summed E-state index contributed by atoms with van der Waals surface area (Å²) in [6, 6.07) is 7.43. The molecule has 1 aromatic carbocycles. The van der Waals surface area contributed by atoms with E-state index in [0.717, 1.165) is 10.6 Å². The minimum Gasteiger partial charge on any atom is -0.396 e. The summed E-state index contributed by atoms with van der Waals surface area (Å²) in [5.41, 5.74) is 0.830. The van der Waals surface area contributed by atoms with E-state index < -0.39 is 0 Å². The molecule has 0 fully saturated rings.